The molecule has 186 valence electrons. The molecule has 1 aliphatic carbocycles. The molecule has 2 unspecified atom stereocenters. The maximum absolute atomic E-state index is 13.6. The van der Waals surface area contributed by atoms with Crippen LogP contribution in [0.25, 0.3) is 11.1 Å². The molecule has 2 amide bonds. The van der Waals surface area contributed by atoms with Crippen molar-refractivity contribution in [1.82, 2.24) is 10.2 Å². The van der Waals surface area contributed by atoms with E-state index in [2.05, 4.69) is 0 Å². The molecule has 1 fully saturated rings. The first kappa shape index (κ1) is 24.6. The average molecular weight is 490 g/mol. The Balaban J connectivity index is 1.35. The maximum Gasteiger partial charge on any atom is 0.409 e. The number of benzene rings is 2. The lowest BCUT2D eigenvalue weighted by Gasteiger charge is -2.41. The Morgan fingerprint density at radius 2 is 1.60 bits per heavy atom. The fourth-order valence-corrected chi connectivity index (χ4v) is 4.57. The number of carbonyl (C=O) groups is 3. The summed E-state index contributed by atoms with van der Waals surface area (Å²) in [6.45, 7) is 1.48. The van der Waals surface area contributed by atoms with Crippen molar-refractivity contribution in [3.63, 3.8) is 0 Å². The third-order valence-corrected chi connectivity index (χ3v) is 6.77. The molecule has 2 aromatic carbocycles. The van der Waals surface area contributed by atoms with Gasteiger partial charge < -0.3 is 20.1 Å². The standard InChI is InChI=1S/C25H25F3N2O5/c1-14(23(32)33)15-11-30(12-15)22(31)10-21(25(26,27)28)29-24(34)35-13-20-18-8-4-2-6-16(18)17-7-3-5-9-19(17)20/h2-9,14-15,20-21H,10-13H2,1H3,(H,29,34)(H,32,33). The van der Waals surface area contributed by atoms with E-state index in [-0.39, 0.29) is 31.5 Å². The number of alkyl carbamates (subject to hydrolysis) is 1. The molecular formula is C25H25F3N2O5. The molecule has 0 aromatic heterocycles. The van der Waals surface area contributed by atoms with Crippen molar-refractivity contribution < 1.29 is 37.4 Å². The molecule has 1 aliphatic heterocycles. The third-order valence-electron chi connectivity index (χ3n) is 6.77. The van der Waals surface area contributed by atoms with Gasteiger partial charge in [-0.25, -0.2) is 4.79 Å². The van der Waals surface area contributed by atoms with Crippen LogP contribution < -0.4 is 5.32 Å². The van der Waals surface area contributed by atoms with Gasteiger partial charge in [0.05, 0.1) is 12.3 Å². The van der Waals surface area contributed by atoms with Gasteiger partial charge in [-0.05, 0) is 22.3 Å². The van der Waals surface area contributed by atoms with Crippen molar-refractivity contribution in [2.75, 3.05) is 19.7 Å². The zero-order valence-electron chi connectivity index (χ0n) is 18.9. The molecule has 2 atom stereocenters. The Hall–Kier alpha value is -3.56. The Bertz CT molecular complexity index is 1080. The maximum atomic E-state index is 13.6. The Morgan fingerprint density at radius 1 is 1.06 bits per heavy atom. The van der Waals surface area contributed by atoms with Gasteiger partial charge in [-0.1, -0.05) is 55.5 Å². The number of likely N-dealkylation sites (tertiary alicyclic amines) is 1. The molecule has 0 bridgehead atoms. The van der Waals surface area contributed by atoms with E-state index in [0.717, 1.165) is 22.3 Å². The van der Waals surface area contributed by atoms with Gasteiger partial charge in [-0.2, -0.15) is 13.2 Å². The molecule has 0 radical (unpaired) electrons. The Kier molecular flexibility index (Phi) is 6.73. The van der Waals surface area contributed by atoms with Gasteiger partial charge in [-0.3, -0.25) is 9.59 Å². The van der Waals surface area contributed by atoms with E-state index < -0.39 is 42.5 Å². The molecule has 0 spiro atoms. The van der Waals surface area contributed by atoms with Gasteiger partial charge in [0, 0.05) is 24.9 Å². The molecule has 35 heavy (non-hydrogen) atoms. The van der Waals surface area contributed by atoms with Crippen LogP contribution in [0.1, 0.15) is 30.4 Å². The molecule has 0 saturated carbocycles. The molecular weight excluding hydrogens is 465 g/mol. The van der Waals surface area contributed by atoms with Crippen LogP contribution in [0.15, 0.2) is 48.5 Å². The van der Waals surface area contributed by atoms with Gasteiger partial charge in [0.15, 0.2) is 0 Å². The second-order valence-corrected chi connectivity index (χ2v) is 8.95. The van der Waals surface area contributed by atoms with Gasteiger partial charge in [0.2, 0.25) is 5.91 Å². The van der Waals surface area contributed by atoms with E-state index in [4.69, 9.17) is 9.84 Å². The number of carboxylic acids is 1. The van der Waals surface area contributed by atoms with Gasteiger partial charge in [0.25, 0.3) is 0 Å². The van der Waals surface area contributed by atoms with E-state index in [1.54, 1.807) is 5.32 Å². The van der Waals surface area contributed by atoms with Crippen LogP contribution in [0.2, 0.25) is 0 Å². The zero-order valence-corrected chi connectivity index (χ0v) is 18.9. The fraction of sp³-hybridized carbons (Fsp3) is 0.400. The smallest absolute Gasteiger partial charge is 0.409 e. The second-order valence-electron chi connectivity index (χ2n) is 8.95. The number of amides is 2. The van der Waals surface area contributed by atoms with Crippen LogP contribution in [-0.4, -0.2) is 59.9 Å². The second kappa shape index (κ2) is 9.59. The molecule has 1 heterocycles. The summed E-state index contributed by atoms with van der Waals surface area (Å²) in [6.07, 6.45) is -7.11. The van der Waals surface area contributed by atoms with Crippen molar-refractivity contribution >= 4 is 18.0 Å². The SMILES string of the molecule is CC(C(=O)O)C1CN(C(=O)CC(NC(=O)OCC2c3ccccc3-c3ccccc32)C(F)(F)F)C1. The summed E-state index contributed by atoms with van der Waals surface area (Å²) in [5, 5.41) is 10.8. The van der Waals surface area contributed by atoms with Crippen LogP contribution in [0.3, 0.4) is 0 Å². The highest BCUT2D eigenvalue weighted by Gasteiger charge is 2.45. The van der Waals surface area contributed by atoms with Crippen LogP contribution in [0, 0.1) is 11.8 Å². The predicted molar refractivity (Wildman–Crippen MR) is 120 cm³/mol. The van der Waals surface area contributed by atoms with Crippen molar-refractivity contribution in [3.05, 3.63) is 59.7 Å². The Labute approximate surface area is 199 Å². The van der Waals surface area contributed by atoms with Crippen LogP contribution in [0.4, 0.5) is 18.0 Å². The molecule has 2 aromatic rings. The van der Waals surface area contributed by atoms with E-state index >= 15 is 0 Å². The van der Waals surface area contributed by atoms with Gasteiger partial charge in [0.1, 0.15) is 12.6 Å². The predicted octanol–water partition coefficient (Wildman–Crippen LogP) is 4.03. The summed E-state index contributed by atoms with van der Waals surface area (Å²) in [4.78, 5) is 36.8. The number of fused-ring (bicyclic) bond motifs is 3. The Morgan fingerprint density at radius 3 is 2.11 bits per heavy atom. The lowest BCUT2D eigenvalue weighted by Crippen LogP contribution is -2.56. The highest BCUT2D eigenvalue weighted by molar-refractivity contribution is 5.80. The van der Waals surface area contributed by atoms with Crippen molar-refractivity contribution in [2.45, 2.75) is 31.5 Å². The molecule has 10 heteroatoms. The number of rotatable bonds is 7. The topological polar surface area (TPSA) is 95.9 Å². The average Bonchev–Trinajstić information content (AvgIpc) is 3.09. The normalized spacial score (nSPS) is 17.1. The number of nitrogens with one attached hydrogen (secondary N) is 1. The van der Waals surface area contributed by atoms with E-state index in [9.17, 15) is 27.6 Å². The number of halogens is 3. The van der Waals surface area contributed by atoms with E-state index in [1.165, 1.54) is 11.8 Å². The minimum Gasteiger partial charge on any atom is -0.481 e. The first-order valence-corrected chi connectivity index (χ1v) is 11.2. The third kappa shape index (κ3) is 5.11. The molecule has 2 N–H and O–H groups in total. The number of aliphatic carboxylic acids is 1. The fourth-order valence-electron chi connectivity index (χ4n) is 4.57. The molecule has 2 aliphatic rings. The number of alkyl halides is 3. The zero-order chi connectivity index (χ0) is 25.3. The van der Waals surface area contributed by atoms with Crippen molar-refractivity contribution in [1.29, 1.82) is 0 Å². The minimum atomic E-state index is -4.86. The summed E-state index contributed by atoms with van der Waals surface area (Å²) < 4.78 is 45.8. The summed E-state index contributed by atoms with van der Waals surface area (Å²) in [6, 6.07) is 12.7. The molecule has 7 nitrogen and oxygen atoms in total. The molecule has 4 rings (SSSR count). The number of ether oxygens (including phenoxy) is 1. The number of hydrogen-bond donors (Lipinski definition) is 2. The van der Waals surface area contributed by atoms with E-state index in [1.807, 2.05) is 48.5 Å². The number of hydrogen-bond acceptors (Lipinski definition) is 4. The lowest BCUT2D eigenvalue weighted by atomic mass is 9.86. The van der Waals surface area contributed by atoms with Crippen LogP contribution in [-0.2, 0) is 14.3 Å². The molecule has 1 saturated heterocycles. The first-order chi connectivity index (χ1) is 16.6. The van der Waals surface area contributed by atoms with Gasteiger partial charge >= 0.3 is 18.2 Å². The monoisotopic (exact) mass is 490 g/mol. The minimum absolute atomic E-state index is 0.0713. The summed E-state index contributed by atoms with van der Waals surface area (Å²) in [5.41, 5.74) is 3.82. The highest BCUT2D eigenvalue weighted by atomic mass is 19.4. The lowest BCUT2D eigenvalue weighted by molar-refractivity contribution is -0.166. The van der Waals surface area contributed by atoms with Gasteiger partial charge in [-0.15, -0.1) is 0 Å². The quantitative estimate of drug-likeness (QED) is 0.611. The number of carboxylic acid groups (broad SMARTS) is 1. The number of carbonyl (C=O) groups excluding carboxylic acids is 2. The van der Waals surface area contributed by atoms with E-state index in [0.29, 0.717) is 0 Å². The van der Waals surface area contributed by atoms with Crippen molar-refractivity contribution in [3.8, 4) is 11.1 Å². The summed E-state index contributed by atoms with van der Waals surface area (Å²) in [7, 11) is 0. The highest BCUT2D eigenvalue weighted by Crippen LogP contribution is 2.44. The largest absolute Gasteiger partial charge is 0.481 e. The first-order valence-electron chi connectivity index (χ1n) is 11.2. The van der Waals surface area contributed by atoms with Crippen LogP contribution >= 0.6 is 0 Å². The number of nitrogens with zero attached hydrogens (tertiary/aromatic N) is 1. The summed E-state index contributed by atoms with van der Waals surface area (Å²) >= 11 is 0. The van der Waals surface area contributed by atoms with Crippen LogP contribution in [0.5, 0.6) is 0 Å². The summed E-state index contributed by atoms with van der Waals surface area (Å²) in [5.74, 6) is -3.15. The van der Waals surface area contributed by atoms with Crippen molar-refractivity contribution in [2.24, 2.45) is 11.8 Å².